The van der Waals surface area contributed by atoms with Crippen LogP contribution in [0.1, 0.15) is 32.9 Å². The van der Waals surface area contributed by atoms with E-state index in [0.717, 1.165) is 36.5 Å². The van der Waals surface area contributed by atoms with Crippen LogP contribution in [0.25, 0.3) is 10.4 Å². The van der Waals surface area contributed by atoms with Gasteiger partial charge in [-0.15, -0.1) is 11.3 Å². The molecule has 2 heterocycles. The lowest BCUT2D eigenvalue weighted by Gasteiger charge is -2.09. The summed E-state index contributed by atoms with van der Waals surface area (Å²) >= 11 is 1.46. The zero-order valence-electron chi connectivity index (χ0n) is 15.2. The number of nitrogens with one attached hydrogen (secondary N) is 1. The van der Waals surface area contributed by atoms with Gasteiger partial charge in [0.2, 0.25) is 0 Å². The highest BCUT2D eigenvalue weighted by Crippen LogP contribution is 2.29. The first-order chi connectivity index (χ1) is 12.5. The lowest BCUT2D eigenvalue weighted by molar-refractivity contribution is 0.0831. The third kappa shape index (κ3) is 4.51. The highest BCUT2D eigenvalue weighted by atomic mass is 32.1. The van der Waals surface area contributed by atoms with E-state index in [9.17, 15) is 9.59 Å². The monoisotopic (exact) mass is 372 g/mol. The molecule has 1 atom stereocenters. The molecular formula is C20H24N2O3S. The predicted molar refractivity (Wildman–Crippen MR) is 104 cm³/mol. The molecule has 0 radical (unpaired) electrons. The fourth-order valence-electron chi connectivity index (χ4n) is 2.92. The van der Waals surface area contributed by atoms with E-state index in [1.54, 1.807) is 19.0 Å². The summed E-state index contributed by atoms with van der Waals surface area (Å²) in [6.45, 7) is 2.32. The first-order valence-electron chi connectivity index (χ1n) is 8.82. The fourth-order valence-corrected chi connectivity index (χ4v) is 3.95. The second-order valence-corrected chi connectivity index (χ2v) is 7.80. The van der Waals surface area contributed by atoms with E-state index in [1.165, 1.54) is 11.3 Å². The van der Waals surface area contributed by atoms with Crippen molar-refractivity contribution in [1.82, 2.24) is 10.2 Å². The minimum atomic E-state index is -0.0508. The van der Waals surface area contributed by atoms with E-state index in [0.29, 0.717) is 22.9 Å². The van der Waals surface area contributed by atoms with Crippen LogP contribution in [0.3, 0.4) is 0 Å². The number of thiophene rings is 1. The third-order valence-electron chi connectivity index (χ3n) is 4.52. The largest absolute Gasteiger partial charge is 0.381 e. The molecule has 1 aliphatic heterocycles. The molecule has 1 unspecified atom stereocenters. The molecule has 1 aliphatic rings. The van der Waals surface area contributed by atoms with Crippen LogP contribution < -0.4 is 5.32 Å². The van der Waals surface area contributed by atoms with Gasteiger partial charge in [0.05, 0.1) is 4.88 Å². The molecule has 2 amide bonds. The van der Waals surface area contributed by atoms with Gasteiger partial charge in [0.25, 0.3) is 11.8 Å². The van der Waals surface area contributed by atoms with Crippen molar-refractivity contribution in [3.8, 4) is 10.4 Å². The van der Waals surface area contributed by atoms with Gasteiger partial charge >= 0.3 is 0 Å². The van der Waals surface area contributed by atoms with Crippen LogP contribution in [-0.2, 0) is 4.74 Å². The van der Waals surface area contributed by atoms with Crippen molar-refractivity contribution in [3.63, 3.8) is 0 Å². The highest BCUT2D eigenvalue weighted by Gasteiger charge is 2.16. The summed E-state index contributed by atoms with van der Waals surface area (Å²) in [5.74, 6) is 0.519. The van der Waals surface area contributed by atoms with Gasteiger partial charge < -0.3 is 15.0 Å². The molecule has 1 aromatic heterocycles. The van der Waals surface area contributed by atoms with E-state index < -0.39 is 0 Å². The normalized spacial score (nSPS) is 16.5. The number of hydrogen-bond acceptors (Lipinski definition) is 4. The Labute approximate surface area is 158 Å². The molecular weight excluding hydrogens is 348 g/mol. The first-order valence-corrected chi connectivity index (χ1v) is 9.64. The quantitative estimate of drug-likeness (QED) is 0.847. The molecule has 0 aliphatic carbocycles. The predicted octanol–water partition coefficient (Wildman–Crippen LogP) is 3.27. The molecule has 1 saturated heterocycles. The second-order valence-electron chi connectivity index (χ2n) is 6.72. The van der Waals surface area contributed by atoms with Crippen molar-refractivity contribution < 1.29 is 14.3 Å². The Morgan fingerprint density at radius 3 is 2.62 bits per heavy atom. The molecule has 1 N–H and O–H groups in total. The van der Waals surface area contributed by atoms with Gasteiger partial charge in [0.1, 0.15) is 0 Å². The molecule has 0 bridgehead atoms. The van der Waals surface area contributed by atoms with Crippen LogP contribution in [0.5, 0.6) is 0 Å². The average Bonchev–Trinajstić information content (AvgIpc) is 3.33. The number of carbonyl (C=O) groups excluding carboxylic acids is 2. The molecule has 0 spiro atoms. The van der Waals surface area contributed by atoms with Gasteiger partial charge in [0, 0.05) is 44.3 Å². The maximum Gasteiger partial charge on any atom is 0.263 e. The summed E-state index contributed by atoms with van der Waals surface area (Å²) in [5.41, 5.74) is 1.66. The fraction of sp³-hybridized carbons (Fsp3) is 0.400. The van der Waals surface area contributed by atoms with Gasteiger partial charge in [-0.3, -0.25) is 9.59 Å². The molecule has 1 fully saturated rings. The third-order valence-corrected chi connectivity index (χ3v) is 5.64. The highest BCUT2D eigenvalue weighted by molar-refractivity contribution is 7.17. The van der Waals surface area contributed by atoms with Crippen LogP contribution in [-0.4, -0.2) is 50.6 Å². The van der Waals surface area contributed by atoms with E-state index in [1.807, 2.05) is 36.4 Å². The lowest BCUT2D eigenvalue weighted by atomic mass is 10.1. The standard InChI is InChI=1S/C20H24N2O3S/c1-22(2)20(24)18-8-7-17(26-18)15-3-5-16(6-4-15)19(23)21-11-9-14-10-12-25-13-14/h3-8,14H,9-13H2,1-2H3,(H,21,23). The number of amides is 2. The Bertz CT molecular complexity index is 762. The van der Waals surface area contributed by atoms with Crippen LogP contribution >= 0.6 is 11.3 Å². The molecule has 2 aromatic rings. The van der Waals surface area contributed by atoms with Gasteiger partial charge in [-0.2, -0.15) is 0 Å². The van der Waals surface area contributed by atoms with Gasteiger partial charge in [-0.25, -0.2) is 0 Å². The minimum Gasteiger partial charge on any atom is -0.381 e. The number of nitrogens with zero attached hydrogens (tertiary/aromatic N) is 1. The number of hydrogen-bond donors (Lipinski definition) is 1. The zero-order valence-corrected chi connectivity index (χ0v) is 16.0. The first kappa shape index (κ1) is 18.6. The topological polar surface area (TPSA) is 58.6 Å². The van der Waals surface area contributed by atoms with Gasteiger partial charge in [-0.1, -0.05) is 12.1 Å². The number of carbonyl (C=O) groups is 2. The van der Waals surface area contributed by atoms with E-state index >= 15 is 0 Å². The lowest BCUT2D eigenvalue weighted by Crippen LogP contribution is -2.26. The van der Waals surface area contributed by atoms with E-state index in [4.69, 9.17) is 4.74 Å². The Hall–Kier alpha value is -2.18. The Kier molecular flexibility index (Phi) is 6.06. The Morgan fingerprint density at radius 2 is 1.96 bits per heavy atom. The molecule has 138 valence electrons. The number of benzene rings is 1. The van der Waals surface area contributed by atoms with E-state index in [-0.39, 0.29) is 11.8 Å². The van der Waals surface area contributed by atoms with Crippen LogP contribution in [0.15, 0.2) is 36.4 Å². The summed E-state index contributed by atoms with van der Waals surface area (Å²) in [6.07, 6.45) is 2.05. The maximum absolute atomic E-state index is 12.2. The Morgan fingerprint density at radius 1 is 1.19 bits per heavy atom. The molecule has 0 saturated carbocycles. The van der Waals surface area contributed by atoms with Crippen molar-refractivity contribution in [2.24, 2.45) is 5.92 Å². The molecule has 3 rings (SSSR count). The zero-order chi connectivity index (χ0) is 18.5. The van der Waals surface area contributed by atoms with Crippen molar-refractivity contribution in [1.29, 1.82) is 0 Å². The van der Waals surface area contributed by atoms with Gasteiger partial charge in [-0.05, 0) is 48.6 Å². The smallest absolute Gasteiger partial charge is 0.263 e. The molecule has 6 heteroatoms. The van der Waals surface area contributed by atoms with Crippen molar-refractivity contribution >= 4 is 23.2 Å². The maximum atomic E-state index is 12.2. The Balaban J connectivity index is 1.57. The van der Waals surface area contributed by atoms with Crippen molar-refractivity contribution in [2.45, 2.75) is 12.8 Å². The summed E-state index contributed by atoms with van der Waals surface area (Å²) in [7, 11) is 3.49. The van der Waals surface area contributed by atoms with Crippen LogP contribution in [0.2, 0.25) is 0 Å². The van der Waals surface area contributed by atoms with Crippen LogP contribution in [0.4, 0.5) is 0 Å². The molecule has 5 nitrogen and oxygen atoms in total. The van der Waals surface area contributed by atoms with Crippen LogP contribution in [0, 0.1) is 5.92 Å². The second kappa shape index (κ2) is 8.47. The van der Waals surface area contributed by atoms with Gasteiger partial charge in [0.15, 0.2) is 0 Å². The molecule has 1 aromatic carbocycles. The summed E-state index contributed by atoms with van der Waals surface area (Å²) in [5, 5.41) is 2.97. The number of rotatable bonds is 6. The minimum absolute atomic E-state index is 0.00455. The van der Waals surface area contributed by atoms with Crippen molar-refractivity contribution in [3.05, 3.63) is 46.8 Å². The van der Waals surface area contributed by atoms with E-state index in [2.05, 4.69) is 5.32 Å². The molecule has 26 heavy (non-hydrogen) atoms. The van der Waals surface area contributed by atoms with Crippen molar-refractivity contribution in [2.75, 3.05) is 33.9 Å². The number of ether oxygens (including phenoxy) is 1. The summed E-state index contributed by atoms with van der Waals surface area (Å²) < 4.78 is 5.35. The summed E-state index contributed by atoms with van der Waals surface area (Å²) in [6, 6.07) is 11.3. The summed E-state index contributed by atoms with van der Waals surface area (Å²) in [4.78, 5) is 27.5. The SMILES string of the molecule is CN(C)C(=O)c1ccc(-c2ccc(C(=O)NCCC3CCOC3)cc2)s1. The average molecular weight is 372 g/mol.